The summed E-state index contributed by atoms with van der Waals surface area (Å²) in [6, 6.07) is 13.6. The van der Waals surface area contributed by atoms with Crippen molar-refractivity contribution in [1.29, 1.82) is 0 Å². The molecule has 4 nitrogen and oxygen atoms in total. The van der Waals surface area contributed by atoms with Gasteiger partial charge >= 0.3 is 0 Å². The molecule has 1 N–H and O–H groups in total. The molecule has 0 radical (unpaired) electrons. The highest BCUT2D eigenvalue weighted by Gasteiger charge is 2.08. The molecule has 90 valence electrons. The van der Waals surface area contributed by atoms with E-state index >= 15 is 0 Å². The smallest absolute Gasteiger partial charge is 0.113 e. The van der Waals surface area contributed by atoms with Gasteiger partial charge in [-0.25, -0.2) is 0 Å². The van der Waals surface area contributed by atoms with Gasteiger partial charge in [0.05, 0.1) is 12.3 Å². The predicted octanol–water partition coefficient (Wildman–Crippen LogP) is 2.22. The third-order valence-electron chi connectivity index (χ3n) is 2.91. The van der Waals surface area contributed by atoms with Gasteiger partial charge in [0.15, 0.2) is 0 Å². The number of rotatable bonds is 2. The van der Waals surface area contributed by atoms with E-state index < -0.39 is 0 Å². The van der Waals surface area contributed by atoms with Crippen molar-refractivity contribution < 1.29 is 5.11 Å². The summed E-state index contributed by atoms with van der Waals surface area (Å²) in [5.41, 5.74) is 4.46. The van der Waals surface area contributed by atoms with Gasteiger partial charge in [0, 0.05) is 5.56 Å². The van der Waals surface area contributed by atoms with Crippen LogP contribution in [0.2, 0.25) is 0 Å². The maximum Gasteiger partial charge on any atom is 0.113 e. The van der Waals surface area contributed by atoms with Crippen LogP contribution in [0.4, 0.5) is 0 Å². The Balaban J connectivity index is 2.19. The average Bonchev–Trinajstić information content (AvgIpc) is 2.82. The summed E-state index contributed by atoms with van der Waals surface area (Å²) in [4.78, 5) is 1.58. The van der Waals surface area contributed by atoms with Crippen LogP contribution in [-0.4, -0.2) is 20.1 Å². The highest BCUT2D eigenvalue weighted by molar-refractivity contribution is 5.73. The standard InChI is InChI=1S/C14H13N3O/c1-10-6-7-14(11(8-10)9-18)17-15-12-4-2-3-5-13(12)16-17/h2-8,18H,9H2,1H3. The summed E-state index contributed by atoms with van der Waals surface area (Å²) in [6.07, 6.45) is 0. The summed E-state index contributed by atoms with van der Waals surface area (Å²) in [5.74, 6) is 0. The van der Waals surface area contributed by atoms with Crippen molar-refractivity contribution in [3.05, 3.63) is 53.6 Å². The molecule has 0 unspecified atom stereocenters. The first-order valence-electron chi connectivity index (χ1n) is 5.81. The molecule has 1 aromatic heterocycles. The monoisotopic (exact) mass is 239 g/mol. The van der Waals surface area contributed by atoms with Gasteiger partial charge in [-0.1, -0.05) is 29.8 Å². The zero-order valence-corrected chi connectivity index (χ0v) is 10.0. The number of fused-ring (bicyclic) bond motifs is 1. The number of aliphatic hydroxyl groups is 1. The van der Waals surface area contributed by atoms with Gasteiger partial charge in [0.1, 0.15) is 11.0 Å². The Morgan fingerprint density at radius 3 is 2.33 bits per heavy atom. The zero-order valence-electron chi connectivity index (χ0n) is 10.0. The molecule has 18 heavy (non-hydrogen) atoms. The minimum absolute atomic E-state index is 0.0189. The zero-order chi connectivity index (χ0) is 12.5. The molecule has 0 fully saturated rings. The van der Waals surface area contributed by atoms with Crippen molar-refractivity contribution in [3.8, 4) is 5.69 Å². The van der Waals surface area contributed by atoms with Gasteiger partial charge < -0.3 is 5.11 Å². The largest absolute Gasteiger partial charge is 0.392 e. The van der Waals surface area contributed by atoms with E-state index in [2.05, 4.69) is 10.2 Å². The second kappa shape index (κ2) is 4.23. The van der Waals surface area contributed by atoms with E-state index in [0.29, 0.717) is 0 Å². The van der Waals surface area contributed by atoms with E-state index in [-0.39, 0.29) is 6.61 Å². The molecule has 2 aromatic carbocycles. The SMILES string of the molecule is Cc1ccc(-n2nc3ccccc3n2)c(CO)c1. The summed E-state index contributed by atoms with van der Waals surface area (Å²) in [7, 11) is 0. The van der Waals surface area contributed by atoms with Crippen LogP contribution in [-0.2, 0) is 6.61 Å². The van der Waals surface area contributed by atoms with Crippen molar-refractivity contribution in [2.45, 2.75) is 13.5 Å². The van der Waals surface area contributed by atoms with Gasteiger partial charge in [0.25, 0.3) is 0 Å². The van der Waals surface area contributed by atoms with Crippen molar-refractivity contribution in [2.75, 3.05) is 0 Å². The number of benzene rings is 2. The Labute approximate surface area is 104 Å². The number of nitrogens with zero attached hydrogens (tertiary/aromatic N) is 3. The maximum absolute atomic E-state index is 9.41. The number of hydrogen-bond donors (Lipinski definition) is 1. The molecule has 1 heterocycles. The Morgan fingerprint density at radius 2 is 1.72 bits per heavy atom. The molecule has 0 aliphatic rings. The number of aliphatic hydroxyl groups excluding tert-OH is 1. The minimum atomic E-state index is -0.0189. The lowest BCUT2D eigenvalue weighted by atomic mass is 10.1. The van der Waals surface area contributed by atoms with E-state index in [1.807, 2.05) is 49.4 Å². The third kappa shape index (κ3) is 1.76. The second-order valence-electron chi connectivity index (χ2n) is 4.27. The van der Waals surface area contributed by atoms with Crippen LogP contribution in [0.1, 0.15) is 11.1 Å². The van der Waals surface area contributed by atoms with Crippen LogP contribution in [0.15, 0.2) is 42.5 Å². The Hall–Kier alpha value is -2.20. The van der Waals surface area contributed by atoms with Gasteiger partial charge in [-0.15, -0.1) is 10.2 Å². The molecule has 3 aromatic rings. The summed E-state index contributed by atoms with van der Waals surface area (Å²) >= 11 is 0. The second-order valence-corrected chi connectivity index (χ2v) is 4.27. The Kier molecular flexibility index (Phi) is 2.57. The Bertz CT molecular complexity index is 670. The quantitative estimate of drug-likeness (QED) is 0.746. The van der Waals surface area contributed by atoms with Gasteiger partial charge in [-0.2, -0.15) is 4.80 Å². The molecule has 0 bridgehead atoms. The van der Waals surface area contributed by atoms with Gasteiger partial charge in [-0.3, -0.25) is 0 Å². The summed E-state index contributed by atoms with van der Waals surface area (Å²) in [5, 5.41) is 18.2. The van der Waals surface area contributed by atoms with Crippen molar-refractivity contribution in [1.82, 2.24) is 15.0 Å². The van der Waals surface area contributed by atoms with Crippen LogP contribution in [0.5, 0.6) is 0 Å². The molecule has 0 saturated heterocycles. The lowest BCUT2D eigenvalue weighted by Gasteiger charge is -2.06. The molecular formula is C14H13N3O. The first kappa shape index (κ1) is 10.9. The summed E-state index contributed by atoms with van der Waals surface area (Å²) in [6.45, 7) is 1.98. The molecule has 4 heteroatoms. The molecule has 0 aliphatic carbocycles. The van der Waals surface area contributed by atoms with E-state index in [1.165, 1.54) is 0 Å². The first-order chi connectivity index (χ1) is 8.78. The minimum Gasteiger partial charge on any atom is -0.392 e. The molecule has 0 atom stereocenters. The molecule has 0 aliphatic heterocycles. The number of aryl methyl sites for hydroxylation is 1. The predicted molar refractivity (Wildman–Crippen MR) is 69.5 cm³/mol. The van der Waals surface area contributed by atoms with Gasteiger partial charge in [0.2, 0.25) is 0 Å². The van der Waals surface area contributed by atoms with Crippen molar-refractivity contribution in [3.63, 3.8) is 0 Å². The van der Waals surface area contributed by atoms with E-state index in [1.54, 1.807) is 4.80 Å². The van der Waals surface area contributed by atoms with Crippen LogP contribution in [0.3, 0.4) is 0 Å². The first-order valence-corrected chi connectivity index (χ1v) is 5.81. The number of aromatic nitrogens is 3. The highest BCUT2D eigenvalue weighted by atomic mass is 16.3. The molecule has 3 rings (SSSR count). The van der Waals surface area contributed by atoms with E-state index in [4.69, 9.17) is 0 Å². The van der Waals surface area contributed by atoms with E-state index in [9.17, 15) is 5.11 Å². The topological polar surface area (TPSA) is 50.9 Å². The number of hydrogen-bond acceptors (Lipinski definition) is 3. The highest BCUT2D eigenvalue weighted by Crippen LogP contribution is 2.17. The van der Waals surface area contributed by atoms with Crippen molar-refractivity contribution in [2.24, 2.45) is 0 Å². The molecule has 0 saturated carbocycles. The Morgan fingerprint density at radius 1 is 1.06 bits per heavy atom. The lowest BCUT2D eigenvalue weighted by molar-refractivity contribution is 0.281. The van der Waals surface area contributed by atoms with Crippen molar-refractivity contribution >= 4 is 11.0 Å². The maximum atomic E-state index is 9.41. The van der Waals surface area contributed by atoms with Crippen LogP contribution >= 0.6 is 0 Å². The van der Waals surface area contributed by atoms with Crippen LogP contribution in [0, 0.1) is 6.92 Å². The van der Waals surface area contributed by atoms with Gasteiger partial charge in [-0.05, 0) is 25.1 Å². The molecular weight excluding hydrogens is 226 g/mol. The van der Waals surface area contributed by atoms with Crippen LogP contribution < -0.4 is 0 Å². The fourth-order valence-corrected chi connectivity index (χ4v) is 2.00. The van der Waals surface area contributed by atoms with E-state index in [0.717, 1.165) is 27.8 Å². The fraction of sp³-hybridized carbons (Fsp3) is 0.143. The average molecular weight is 239 g/mol. The molecule has 0 spiro atoms. The van der Waals surface area contributed by atoms with Crippen LogP contribution in [0.25, 0.3) is 16.7 Å². The lowest BCUT2D eigenvalue weighted by Crippen LogP contribution is -2.03. The normalized spacial score (nSPS) is 11.0. The fourth-order valence-electron chi connectivity index (χ4n) is 2.00. The molecule has 0 amide bonds. The summed E-state index contributed by atoms with van der Waals surface area (Å²) < 4.78 is 0. The third-order valence-corrected chi connectivity index (χ3v) is 2.91.